The second kappa shape index (κ2) is 7.12. The van der Waals surface area contributed by atoms with Crippen molar-refractivity contribution in [1.82, 2.24) is 5.32 Å². The van der Waals surface area contributed by atoms with Crippen LogP contribution in [0.2, 0.25) is 0 Å². The molecule has 1 aromatic carbocycles. The fraction of sp³-hybridized carbons (Fsp3) is 0.429. The summed E-state index contributed by atoms with van der Waals surface area (Å²) in [6.45, 7) is 2.91. The maximum Gasteiger partial charge on any atom is 0.323 e. The molecule has 21 heavy (non-hydrogen) atoms. The van der Waals surface area contributed by atoms with Crippen molar-refractivity contribution in [3.8, 4) is 0 Å². The number of carbonyl (C=O) groups excluding carboxylic acids is 1. The number of benzene rings is 1. The fourth-order valence-electron chi connectivity index (χ4n) is 1.85. The van der Waals surface area contributed by atoms with Crippen LogP contribution in [0.25, 0.3) is 0 Å². The van der Waals surface area contributed by atoms with Crippen molar-refractivity contribution in [1.29, 1.82) is 0 Å². The van der Waals surface area contributed by atoms with E-state index in [1.165, 1.54) is 13.0 Å². The maximum absolute atomic E-state index is 13.4. The van der Waals surface area contributed by atoms with E-state index in [2.05, 4.69) is 10.6 Å². The number of nitrogens with one attached hydrogen (secondary N) is 2. The minimum absolute atomic E-state index is 0.323. The number of hydrogen-bond donors (Lipinski definition) is 3. The highest BCUT2D eigenvalue weighted by atomic mass is 19.1. The number of carboxylic acid groups (broad SMARTS) is 1. The summed E-state index contributed by atoms with van der Waals surface area (Å²) in [5, 5.41) is 13.8. The van der Waals surface area contributed by atoms with Gasteiger partial charge in [0.15, 0.2) is 0 Å². The van der Waals surface area contributed by atoms with Gasteiger partial charge in [0, 0.05) is 0 Å². The van der Waals surface area contributed by atoms with Crippen LogP contribution >= 0.6 is 0 Å². The van der Waals surface area contributed by atoms with Crippen LogP contribution in [-0.4, -0.2) is 29.1 Å². The highest BCUT2D eigenvalue weighted by molar-refractivity contribution is 5.93. The lowest BCUT2D eigenvalue weighted by atomic mass is 9.96. The van der Waals surface area contributed by atoms with Crippen molar-refractivity contribution < 1.29 is 23.5 Å². The molecule has 0 aliphatic heterocycles. The van der Waals surface area contributed by atoms with E-state index in [0.717, 1.165) is 12.1 Å². The number of carboxylic acids is 1. The Bertz CT molecular complexity index is 517. The van der Waals surface area contributed by atoms with Gasteiger partial charge in [-0.2, -0.15) is 0 Å². The molecule has 1 unspecified atom stereocenters. The molecule has 0 bridgehead atoms. The first-order valence-electron chi connectivity index (χ1n) is 6.52. The number of para-hydroxylation sites is 1. The quantitative estimate of drug-likeness (QED) is 0.721. The summed E-state index contributed by atoms with van der Waals surface area (Å²) >= 11 is 0. The maximum atomic E-state index is 13.4. The van der Waals surface area contributed by atoms with Crippen molar-refractivity contribution >= 4 is 17.6 Å². The molecule has 0 aliphatic carbocycles. The average Bonchev–Trinajstić information content (AvgIpc) is 2.41. The molecule has 0 fully saturated rings. The molecule has 0 saturated carbocycles. The molecule has 1 amide bonds. The van der Waals surface area contributed by atoms with E-state index in [-0.39, 0.29) is 6.54 Å². The van der Waals surface area contributed by atoms with Gasteiger partial charge in [-0.25, -0.2) is 8.78 Å². The van der Waals surface area contributed by atoms with Crippen LogP contribution in [0.3, 0.4) is 0 Å². The Labute approximate surface area is 121 Å². The molecule has 116 valence electrons. The van der Waals surface area contributed by atoms with Crippen LogP contribution in [0.5, 0.6) is 0 Å². The SMILES string of the molecule is CCCC(C)(NCC(=O)Nc1c(F)cccc1F)C(=O)O. The van der Waals surface area contributed by atoms with E-state index >= 15 is 0 Å². The summed E-state index contributed by atoms with van der Waals surface area (Å²) in [7, 11) is 0. The standard InChI is InChI=1S/C14H18F2N2O3/c1-3-7-14(2,13(20)21)17-8-11(19)18-12-9(15)5-4-6-10(12)16/h4-6,17H,3,7-8H2,1-2H3,(H,18,19)(H,20,21). The van der Waals surface area contributed by atoms with E-state index < -0.39 is 34.7 Å². The van der Waals surface area contributed by atoms with Crippen LogP contribution in [0.1, 0.15) is 26.7 Å². The summed E-state index contributed by atoms with van der Waals surface area (Å²) in [4.78, 5) is 22.9. The zero-order valence-electron chi connectivity index (χ0n) is 11.9. The highest BCUT2D eigenvalue weighted by Crippen LogP contribution is 2.18. The van der Waals surface area contributed by atoms with Gasteiger partial charge in [-0.3, -0.25) is 14.9 Å². The van der Waals surface area contributed by atoms with Gasteiger partial charge in [0.2, 0.25) is 5.91 Å². The van der Waals surface area contributed by atoms with Gasteiger partial charge >= 0.3 is 5.97 Å². The number of anilines is 1. The first-order valence-corrected chi connectivity index (χ1v) is 6.52. The number of halogens is 2. The largest absolute Gasteiger partial charge is 0.480 e. The first-order chi connectivity index (χ1) is 9.80. The minimum Gasteiger partial charge on any atom is -0.480 e. The van der Waals surface area contributed by atoms with E-state index in [0.29, 0.717) is 12.8 Å². The van der Waals surface area contributed by atoms with Crippen molar-refractivity contribution in [2.75, 3.05) is 11.9 Å². The van der Waals surface area contributed by atoms with Crippen LogP contribution in [-0.2, 0) is 9.59 Å². The molecular formula is C14H18F2N2O3. The molecule has 7 heteroatoms. The molecule has 0 aromatic heterocycles. The van der Waals surface area contributed by atoms with Crippen molar-refractivity contribution in [2.45, 2.75) is 32.2 Å². The Morgan fingerprint density at radius 1 is 1.29 bits per heavy atom. The number of amides is 1. The topological polar surface area (TPSA) is 78.4 Å². The molecule has 1 rings (SSSR count). The Balaban J connectivity index is 2.68. The average molecular weight is 300 g/mol. The van der Waals surface area contributed by atoms with Gasteiger partial charge in [0.25, 0.3) is 0 Å². The Kier molecular flexibility index (Phi) is 5.78. The summed E-state index contributed by atoms with van der Waals surface area (Å²) in [5.41, 5.74) is -1.81. The summed E-state index contributed by atoms with van der Waals surface area (Å²) in [6, 6.07) is 3.22. The molecule has 0 radical (unpaired) electrons. The van der Waals surface area contributed by atoms with E-state index in [9.17, 15) is 18.4 Å². The van der Waals surface area contributed by atoms with Crippen molar-refractivity contribution in [2.24, 2.45) is 0 Å². The third kappa shape index (κ3) is 4.49. The molecule has 0 aliphatic rings. The normalized spacial score (nSPS) is 13.5. The lowest BCUT2D eigenvalue weighted by molar-refractivity contribution is -0.144. The van der Waals surface area contributed by atoms with Crippen LogP contribution in [0.4, 0.5) is 14.5 Å². The number of hydrogen-bond acceptors (Lipinski definition) is 3. The summed E-state index contributed by atoms with van der Waals surface area (Å²) < 4.78 is 26.7. The predicted molar refractivity (Wildman–Crippen MR) is 73.9 cm³/mol. The molecule has 3 N–H and O–H groups in total. The zero-order chi connectivity index (χ0) is 16.0. The molecular weight excluding hydrogens is 282 g/mol. The predicted octanol–water partition coefficient (Wildman–Crippen LogP) is 2.14. The van der Waals surface area contributed by atoms with Crippen LogP contribution in [0.15, 0.2) is 18.2 Å². The Morgan fingerprint density at radius 3 is 2.33 bits per heavy atom. The molecule has 0 spiro atoms. The van der Waals surface area contributed by atoms with Gasteiger partial charge in [0.1, 0.15) is 22.9 Å². The third-order valence-corrected chi connectivity index (χ3v) is 3.09. The van der Waals surface area contributed by atoms with E-state index in [1.807, 2.05) is 6.92 Å². The smallest absolute Gasteiger partial charge is 0.323 e. The minimum atomic E-state index is -1.26. The fourth-order valence-corrected chi connectivity index (χ4v) is 1.85. The van der Waals surface area contributed by atoms with Gasteiger partial charge in [0.05, 0.1) is 6.54 Å². The van der Waals surface area contributed by atoms with Gasteiger partial charge in [-0.15, -0.1) is 0 Å². The monoisotopic (exact) mass is 300 g/mol. The van der Waals surface area contributed by atoms with Gasteiger partial charge in [-0.05, 0) is 25.5 Å². The molecule has 1 aromatic rings. The van der Waals surface area contributed by atoms with Crippen molar-refractivity contribution in [3.05, 3.63) is 29.8 Å². The second-order valence-corrected chi connectivity index (χ2v) is 4.89. The highest BCUT2D eigenvalue weighted by Gasteiger charge is 2.32. The lowest BCUT2D eigenvalue weighted by Crippen LogP contribution is -2.51. The molecule has 5 nitrogen and oxygen atoms in total. The number of carbonyl (C=O) groups is 2. The second-order valence-electron chi connectivity index (χ2n) is 4.89. The third-order valence-electron chi connectivity index (χ3n) is 3.09. The summed E-state index contributed by atoms with van der Waals surface area (Å²) in [5.74, 6) is -3.59. The summed E-state index contributed by atoms with van der Waals surface area (Å²) in [6.07, 6.45) is 0.934. The Morgan fingerprint density at radius 2 is 1.86 bits per heavy atom. The van der Waals surface area contributed by atoms with E-state index in [4.69, 9.17) is 5.11 Å². The first kappa shape index (κ1) is 17.0. The van der Waals surface area contributed by atoms with Crippen LogP contribution in [0, 0.1) is 11.6 Å². The molecule has 0 heterocycles. The van der Waals surface area contributed by atoms with E-state index in [1.54, 1.807) is 0 Å². The number of aliphatic carboxylic acids is 1. The van der Waals surface area contributed by atoms with Crippen LogP contribution < -0.4 is 10.6 Å². The zero-order valence-corrected chi connectivity index (χ0v) is 11.9. The molecule has 1 atom stereocenters. The number of rotatable bonds is 7. The van der Waals surface area contributed by atoms with Gasteiger partial charge in [-0.1, -0.05) is 19.4 Å². The lowest BCUT2D eigenvalue weighted by Gasteiger charge is -2.25. The Hall–Kier alpha value is -2.02. The molecule has 0 saturated heterocycles. The van der Waals surface area contributed by atoms with Gasteiger partial charge < -0.3 is 10.4 Å². The van der Waals surface area contributed by atoms with Crippen molar-refractivity contribution in [3.63, 3.8) is 0 Å².